The van der Waals surface area contributed by atoms with Crippen LogP contribution in [0, 0.1) is 0 Å². The number of alkyl halides is 3. The summed E-state index contributed by atoms with van der Waals surface area (Å²) in [5, 5.41) is 11.4. The van der Waals surface area contributed by atoms with Gasteiger partial charge in [0, 0.05) is 0 Å². The zero-order valence-electron chi connectivity index (χ0n) is 9.24. The minimum Gasteiger partial charge on any atom is -0.467 e. The molecule has 0 spiro atoms. The molecule has 0 radical (unpaired) electrons. The van der Waals surface area contributed by atoms with E-state index in [0.29, 0.717) is 17.5 Å². The average Bonchev–Trinajstić information content (AvgIpc) is 2.77. The number of carbonyl (C=O) groups excluding carboxylic acids is 1. The van der Waals surface area contributed by atoms with E-state index in [1.807, 2.05) is 0 Å². The maximum Gasteiger partial charge on any atom is 0.397 e. The molecule has 0 aliphatic carbocycles. The molecule has 1 unspecified atom stereocenters. The molecule has 1 atom stereocenters. The molecule has 1 amide bonds. The maximum absolute atomic E-state index is 11.9. The van der Waals surface area contributed by atoms with E-state index in [1.54, 1.807) is 12.1 Å². The van der Waals surface area contributed by atoms with Crippen molar-refractivity contribution in [2.45, 2.75) is 12.2 Å². The van der Waals surface area contributed by atoms with Crippen molar-refractivity contribution in [2.75, 3.05) is 18.1 Å². The summed E-state index contributed by atoms with van der Waals surface area (Å²) in [6.45, 7) is -0.386. The molecule has 1 aromatic heterocycles. The van der Waals surface area contributed by atoms with Crippen molar-refractivity contribution in [3.05, 3.63) is 24.2 Å². The Morgan fingerprint density at radius 3 is 2.78 bits per heavy atom. The highest BCUT2D eigenvalue weighted by Gasteiger charge is 2.27. The zero-order valence-corrected chi connectivity index (χ0v) is 10.1. The van der Waals surface area contributed by atoms with Gasteiger partial charge in [0.2, 0.25) is 5.91 Å². The Hall–Kier alpha value is -1.15. The number of rotatable bonds is 6. The monoisotopic (exact) mass is 283 g/mol. The standard InChI is InChI=1S/C10H12F3NO3S/c11-10(12,13)6-18-5-9(16)14-7(4-15)8-2-1-3-17-8/h1-3,7,15H,4-6H2,(H,14,16). The quantitative estimate of drug-likeness (QED) is 0.834. The molecule has 0 bridgehead atoms. The maximum atomic E-state index is 11.9. The number of nitrogens with one attached hydrogen (secondary N) is 1. The highest BCUT2D eigenvalue weighted by molar-refractivity contribution is 8.00. The number of hydrogen-bond acceptors (Lipinski definition) is 4. The van der Waals surface area contributed by atoms with Crippen LogP contribution in [-0.2, 0) is 4.79 Å². The lowest BCUT2D eigenvalue weighted by atomic mass is 10.2. The van der Waals surface area contributed by atoms with Gasteiger partial charge < -0.3 is 14.8 Å². The smallest absolute Gasteiger partial charge is 0.397 e. The van der Waals surface area contributed by atoms with Crippen LogP contribution in [0.4, 0.5) is 13.2 Å². The van der Waals surface area contributed by atoms with E-state index in [4.69, 9.17) is 9.52 Å². The molecule has 0 saturated carbocycles. The van der Waals surface area contributed by atoms with Crippen LogP contribution in [0.2, 0.25) is 0 Å². The Morgan fingerprint density at radius 1 is 1.56 bits per heavy atom. The Bertz CT molecular complexity index is 367. The largest absolute Gasteiger partial charge is 0.467 e. The van der Waals surface area contributed by atoms with Crippen LogP contribution in [0.3, 0.4) is 0 Å². The van der Waals surface area contributed by atoms with Crippen molar-refractivity contribution >= 4 is 17.7 Å². The van der Waals surface area contributed by atoms with Gasteiger partial charge >= 0.3 is 6.18 Å². The third-order valence-corrected chi connectivity index (χ3v) is 2.90. The molecule has 1 heterocycles. The molecule has 18 heavy (non-hydrogen) atoms. The third-order valence-electron chi connectivity index (χ3n) is 1.90. The fourth-order valence-electron chi connectivity index (χ4n) is 1.19. The number of thioether (sulfide) groups is 1. The molecule has 0 saturated heterocycles. The first-order valence-electron chi connectivity index (χ1n) is 5.00. The Balaban J connectivity index is 2.35. The van der Waals surface area contributed by atoms with Crippen LogP contribution < -0.4 is 5.32 Å². The molecule has 4 nitrogen and oxygen atoms in total. The SMILES string of the molecule is O=C(CSCC(F)(F)F)NC(CO)c1ccco1. The summed E-state index contributed by atoms with van der Waals surface area (Å²) in [5.41, 5.74) is 0. The second-order valence-electron chi connectivity index (χ2n) is 3.43. The number of aliphatic hydroxyl groups is 1. The molecule has 1 rings (SSSR count). The molecular formula is C10H12F3NO3S. The fourth-order valence-corrected chi connectivity index (χ4v) is 1.79. The Morgan fingerprint density at radius 2 is 2.28 bits per heavy atom. The van der Waals surface area contributed by atoms with Crippen LogP contribution in [0.5, 0.6) is 0 Å². The van der Waals surface area contributed by atoms with Gasteiger partial charge in [0.25, 0.3) is 0 Å². The van der Waals surface area contributed by atoms with Crippen LogP contribution in [0.25, 0.3) is 0 Å². The first-order chi connectivity index (χ1) is 8.42. The summed E-state index contributed by atoms with van der Waals surface area (Å²) >= 11 is 0.469. The van der Waals surface area contributed by atoms with E-state index >= 15 is 0 Å². The van der Waals surface area contributed by atoms with Crippen molar-refractivity contribution in [3.8, 4) is 0 Å². The van der Waals surface area contributed by atoms with E-state index in [9.17, 15) is 18.0 Å². The molecule has 2 N–H and O–H groups in total. The van der Waals surface area contributed by atoms with E-state index in [1.165, 1.54) is 6.26 Å². The van der Waals surface area contributed by atoms with E-state index in [-0.39, 0.29) is 12.4 Å². The summed E-state index contributed by atoms with van der Waals surface area (Å²) in [6.07, 6.45) is -2.91. The number of halogens is 3. The first kappa shape index (κ1) is 14.9. The zero-order chi connectivity index (χ0) is 13.6. The predicted octanol–water partition coefficient (Wildman–Crippen LogP) is 1.72. The van der Waals surface area contributed by atoms with Crippen molar-refractivity contribution in [1.29, 1.82) is 0 Å². The first-order valence-corrected chi connectivity index (χ1v) is 6.16. The number of amides is 1. The number of hydrogen-bond donors (Lipinski definition) is 2. The Labute approximate surface area is 106 Å². The van der Waals surface area contributed by atoms with E-state index in [0.717, 1.165) is 0 Å². The summed E-state index contributed by atoms with van der Waals surface area (Å²) in [5.74, 6) is -1.63. The molecule has 0 aliphatic heterocycles. The molecule has 0 fully saturated rings. The minimum absolute atomic E-state index is 0.323. The van der Waals surface area contributed by atoms with Gasteiger partial charge in [0.05, 0.1) is 24.4 Å². The highest BCUT2D eigenvalue weighted by atomic mass is 32.2. The highest BCUT2D eigenvalue weighted by Crippen LogP contribution is 2.21. The van der Waals surface area contributed by atoms with Crippen molar-refractivity contribution in [2.24, 2.45) is 0 Å². The summed E-state index contributed by atoms with van der Waals surface area (Å²) < 4.78 is 40.5. The van der Waals surface area contributed by atoms with Crippen molar-refractivity contribution < 1.29 is 27.5 Å². The van der Waals surface area contributed by atoms with E-state index in [2.05, 4.69) is 5.32 Å². The lowest BCUT2D eigenvalue weighted by Gasteiger charge is -2.13. The van der Waals surface area contributed by atoms with Gasteiger partial charge in [-0.3, -0.25) is 4.79 Å². The summed E-state index contributed by atoms with van der Waals surface area (Å²) in [6, 6.07) is 2.41. The summed E-state index contributed by atoms with van der Waals surface area (Å²) in [7, 11) is 0. The molecule has 8 heteroatoms. The number of aliphatic hydroxyl groups excluding tert-OH is 1. The van der Waals surface area contributed by atoms with Gasteiger partial charge in [0.1, 0.15) is 11.8 Å². The molecule has 102 valence electrons. The van der Waals surface area contributed by atoms with Gasteiger partial charge in [-0.25, -0.2) is 0 Å². The summed E-state index contributed by atoms with van der Waals surface area (Å²) in [4.78, 5) is 11.3. The average molecular weight is 283 g/mol. The lowest BCUT2D eigenvalue weighted by Crippen LogP contribution is -2.32. The van der Waals surface area contributed by atoms with Gasteiger partial charge in [-0.15, -0.1) is 11.8 Å². The number of carbonyl (C=O) groups is 1. The molecular weight excluding hydrogens is 271 g/mol. The van der Waals surface area contributed by atoms with Crippen LogP contribution >= 0.6 is 11.8 Å². The van der Waals surface area contributed by atoms with Crippen molar-refractivity contribution in [1.82, 2.24) is 5.32 Å². The predicted molar refractivity (Wildman–Crippen MR) is 60.1 cm³/mol. The third kappa shape index (κ3) is 5.46. The molecule has 1 aromatic rings. The van der Waals surface area contributed by atoms with Gasteiger partial charge in [0.15, 0.2) is 0 Å². The Kier molecular flexibility index (Phi) is 5.54. The van der Waals surface area contributed by atoms with E-state index < -0.39 is 23.9 Å². The fraction of sp³-hybridized carbons (Fsp3) is 0.500. The van der Waals surface area contributed by atoms with Crippen molar-refractivity contribution in [3.63, 3.8) is 0 Å². The van der Waals surface area contributed by atoms with Crippen LogP contribution in [0.15, 0.2) is 22.8 Å². The molecule has 0 aromatic carbocycles. The van der Waals surface area contributed by atoms with Gasteiger partial charge in [-0.1, -0.05) is 0 Å². The minimum atomic E-state index is -4.29. The normalized spacial score (nSPS) is 13.3. The second-order valence-corrected chi connectivity index (χ2v) is 4.41. The van der Waals surface area contributed by atoms with Gasteiger partial charge in [-0.05, 0) is 12.1 Å². The second kappa shape index (κ2) is 6.69. The van der Waals surface area contributed by atoms with Crippen LogP contribution in [0.1, 0.15) is 11.8 Å². The van der Waals surface area contributed by atoms with Gasteiger partial charge in [-0.2, -0.15) is 13.2 Å². The molecule has 0 aliphatic rings. The lowest BCUT2D eigenvalue weighted by molar-refractivity contribution is -0.119. The number of furan rings is 1. The topological polar surface area (TPSA) is 62.5 Å². The van der Waals surface area contributed by atoms with Crippen LogP contribution in [-0.4, -0.2) is 35.3 Å².